The van der Waals surface area contributed by atoms with Crippen LogP contribution in [0.25, 0.3) is 28.3 Å². The number of nitrogens with zero attached hydrogens (tertiary/aromatic N) is 6. The summed E-state index contributed by atoms with van der Waals surface area (Å²) < 4.78 is 95.8. The van der Waals surface area contributed by atoms with Crippen molar-refractivity contribution in [3.63, 3.8) is 0 Å². The summed E-state index contributed by atoms with van der Waals surface area (Å²) >= 11 is -1.64. The Morgan fingerprint density at radius 2 is 1.82 bits per heavy atom. The number of halogens is 6. The molecule has 0 amide bonds. The average Bonchev–Trinajstić information content (AvgIpc) is 3.39. The third kappa shape index (κ3) is 5.08. The Bertz CT molecular complexity index is 1580. The maximum atomic E-state index is 13.9. The molecule has 0 saturated heterocycles. The van der Waals surface area contributed by atoms with E-state index in [1.165, 1.54) is 34.6 Å². The molecule has 0 fully saturated rings. The highest BCUT2D eigenvalue weighted by Crippen LogP contribution is 2.44. The normalized spacial score (nSPS) is 13.6. The molecule has 39 heavy (non-hydrogen) atoms. The second kappa shape index (κ2) is 10.3. The van der Waals surface area contributed by atoms with E-state index in [1.807, 2.05) is 0 Å². The minimum absolute atomic E-state index is 0.00440. The molecular formula is C23H20F6N8OS. The van der Waals surface area contributed by atoms with Gasteiger partial charge in [0.1, 0.15) is 22.9 Å². The fourth-order valence-electron chi connectivity index (χ4n) is 3.73. The molecule has 206 valence electrons. The van der Waals surface area contributed by atoms with Crippen LogP contribution in [0.5, 0.6) is 0 Å². The van der Waals surface area contributed by atoms with Gasteiger partial charge >= 0.3 is 12.1 Å². The minimum Gasteiger partial charge on any atom is -0.610 e. The van der Waals surface area contributed by atoms with Crippen LogP contribution in [-0.2, 0) is 31.2 Å². The largest absolute Gasteiger partial charge is 0.610 e. The number of hydrogen-bond donors (Lipinski definition) is 2. The molecule has 0 radical (unpaired) electrons. The van der Waals surface area contributed by atoms with Crippen LogP contribution in [0.3, 0.4) is 0 Å². The number of alkyl halides is 5. The zero-order valence-electron chi connectivity index (χ0n) is 20.5. The Morgan fingerprint density at radius 1 is 1.10 bits per heavy atom. The lowest BCUT2D eigenvalue weighted by Crippen LogP contribution is -2.33. The molecule has 16 heteroatoms. The van der Waals surface area contributed by atoms with E-state index in [1.54, 1.807) is 14.0 Å². The van der Waals surface area contributed by atoms with Gasteiger partial charge in [-0.25, -0.2) is 19.3 Å². The van der Waals surface area contributed by atoms with Crippen molar-refractivity contribution in [3.8, 4) is 11.5 Å². The number of anilines is 1. The third-order valence-electron chi connectivity index (χ3n) is 5.67. The predicted molar refractivity (Wildman–Crippen MR) is 132 cm³/mol. The molecule has 2 N–H and O–H groups in total. The van der Waals surface area contributed by atoms with Crippen LogP contribution in [0.1, 0.15) is 18.3 Å². The zero-order chi connectivity index (χ0) is 28.7. The molecule has 0 aliphatic carbocycles. The lowest BCUT2D eigenvalue weighted by molar-refractivity contribution is -0.289. The van der Waals surface area contributed by atoms with Gasteiger partial charge in [0.05, 0.1) is 29.2 Å². The van der Waals surface area contributed by atoms with Crippen molar-refractivity contribution in [1.29, 1.82) is 5.41 Å². The molecule has 0 aliphatic heterocycles. The average molecular weight is 571 g/mol. The molecule has 9 nitrogen and oxygen atoms in total. The molecule has 0 bridgehead atoms. The van der Waals surface area contributed by atoms with E-state index in [4.69, 9.17) is 5.41 Å². The van der Waals surface area contributed by atoms with Gasteiger partial charge in [0, 0.05) is 49.9 Å². The Morgan fingerprint density at radius 3 is 2.44 bits per heavy atom. The number of hydrogen-bond acceptors (Lipinski definition) is 7. The lowest BCUT2D eigenvalue weighted by atomic mass is 10.1. The summed E-state index contributed by atoms with van der Waals surface area (Å²) in [7, 11) is 3.00. The molecule has 0 saturated carbocycles. The van der Waals surface area contributed by atoms with Crippen molar-refractivity contribution in [2.24, 2.45) is 14.1 Å². The number of nitrogens with one attached hydrogen (secondary N) is 2. The summed E-state index contributed by atoms with van der Waals surface area (Å²) in [5.74, 6) is -5.41. The first-order chi connectivity index (χ1) is 18.3. The van der Waals surface area contributed by atoms with E-state index in [0.717, 1.165) is 12.4 Å². The minimum atomic E-state index is -5.83. The lowest BCUT2D eigenvalue weighted by Gasteiger charge is -2.19. The fourth-order valence-corrected chi connectivity index (χ4v) is 4.75. The van der Waals surface area contributed by atoms with Crippen molar-refractivity contribution in [1.82, 2.24) is 29.1 Å². The van der Waals surface area contributed by atoms with Crippen molar-refractivity contribution in [2.45, 2.75) is 24.0 Å². The van der Waals surface area contributed by atoms with Gasteiger partial charge in [-0.2, -0.15) is 22.0 Å². The Labute approximate surface area is 220 Å². The van der Waals surface area contributed by atoms with Crippen molar-refractivity contribution < 1.29 is 30.9 Å². The first-order valence-electron chi connectivity index (χ1n) is 11.1. The van der Waals surface area contributed by atoms with E-state index in [0.29, 0.717) is 12.3 Å². The highest BCUT2D eigenvalue weighted by Gasteiger charge is 2.59. The van der Waals surface area contributed by atoms with E-state index >= 15 is 0 Å². The molecule has 0 aromatic carbocycles. The van der Waals surface area contributed by atoms with E-state index in [-0.39, 0.29) is 50.5 Å². The van der Waals surface area contributed by atoms with Crippen LogP contribution in [0.4, 0.5) is 32.0 Å². The van der Waals surface area contributed by atoms with Crippen LogP contribution in [0.2, 0.25) is 0 Å². The molecule has 1 atom stereocenters. The molecular weight excluding hydrogens is 550 g/mol. The summed E-state index contributed by atoms with van der Waals surface area (Å²) in [5.41, 5.74) is -1.11. The number of pyridine rings is 2. The van der Waals surface area contributed by atoms with Gasteiger partial charge in [0.2, 0.25) is 0 Å². The van der Waals surface area contributed by atoms with Gasteiger partial charge in [-0.3, -0.25) is 9.55 Å². The molecule has 4 aromatic heterocycles. The summed E-state index contributed by atoms with van der Waals surface area (Å²) in [4.78, 5) is 16.2. The van der Waals surface area contributed by atoms with Crippen LogP contribution >= 0.6 is 0 Å². The smallest absolute Gasteiger partial charge is 0.458 e. The van der Waals surface area contributed by atoms with Gasteiger partial charge in [0.25, 0.3) is 5.03 Å². The second-order valence-corrected chi connectivity index (χ2v) is 9.85. The topological polar surface area (TPSA) is 120 Å². The number of rotatable bonds is 8. The number of aryl methyl sites for hydroxylation is 1. The number of allylic oxidation sites excluding steroid dienone is 1. The summed E-state index contributed by atoms with van der Waals surface area (Å²) in [6, 6.07) is 1.77. The van der Waals surface area contributed by atoms with Crippen LogP contribution < -0.4 is 5.32 Å². The first-order valence-corrected chi connectivity index (χ1v) is 12.4. The molecule has 4 heterocycles. The van der Waals surface area contributed by atoms with Crippen molar-refractivity contribution >= 4 is 39.8 Å². The second-order valence-electron chi connectivity index (χ2n) is 8.20. The summed E-state index contributed by atoms with van der Waals surface area (Å²) in [6.07, 6.45) is -0.720. The molecule has 4 rings (SSSR count). The predicted octanol–water partition coefficient (Wildman–Crippen LogP) is 4.79. The number of aromatic nitrogens is 6. The first kappa shape index (κ1) is 28.1. The quantitative estimate of drug-likeness (QED) is 0.179. The summed E-state index contributed by atoms with van der Waals surface area (Å²) in [5, 5.41) is 10.8. The van der Waals surface area contributed by atoms with Gasteiger partial charge in [-0.15, -0.1) is 0 Å². The van der Waals surface area contributed by atoms with Gasteiger partial charge in [0.15, 0.2) is 17.2 Å². The highest BCUT2D eigenvalue weighted by atomic mass is 32.2. The maximum absolute atomic E-state index is 13.9. The third-order valence-corrected chi connectivity index (χ3v) is 7.10. The van der Waals surface area contributed by atoms with Gasteiger partial charge < -0.3 is 19.8 Å². The number of fused-ring (bicyclic) bond motifs is 1. The Kier molecular flexibility index (Phi) is 7.44. The van der Waals surface area contributed by atoms with Crippen LogP contribution in [0, 0.1) is 11.2 Å². The van der Waals surface area contributed by atoms with Gasteiger partial charge in [-0.05, 0) is 13.0 Å². The Hall–Kier alpha value is -3.92. The van der Waals surface area contributed by atoms with E-state index in [9.17, 15) is 30.9 Å². The SMILES string of the molecule is CC[S+]([O-])c1c(-c2nc3cc(C(F)(F)C(F)(F)F)cnc3n2C)nc(/C(C=N)=C/Nc2cncc(F)c2)n1C. The molecule has 0 aliphatic rings. The van der Waals surface area contributed by atoms with Crippen LogP contribution in [-0.4, -0.2) is 51.8 Å². The highest BCUT2D eigenvalue weighted by molar-refractivity contribution is 7.91. The maximum Gasteiger partial charge on any atom is 0.458 e. The van der Waals surface area contributed by atoms with Gasteiger partial charge in [-0.1, -0.05) is 0 Å². The van der Waals surface area contributed by atoms with E-state index < -0.39 is 34.7 Å². The van der Waals surface area contributed by atoms with Crippen molar-refractivity contribution in [2.75, 3.05) is 11.1 Å². The van der Waals surface area contributed by atoms with Crippen molar-refractivity contribution in [3.05, 3.63) is 54.1 Å². The summed E-state index contributed by atoms with van der Waals surface area (Å²) in [6.45, 7) is 1.65. The molecule has 4 aromatic rings. The molecule has 0 spiro atoms. The molecule has 1 unspecified atom stereocenters. The number of imidazole rings is 2. The zero-order valence-corrected chi connectivity index (χ0v) is 21.3. The fraction of sp³-hybridized carbons (Fsp3) is 0.261. The van der Waals surface area contributed by atoms with E-state index in [2.05, 4.69) is 25.3 Å². The Balaban J connectivity index is 1.85. The monoisotopic (exact) mass is 570 g/mol. The van der Waals surface area contributed by atoms with Crippen LogP contribution in [0.15, 0.2) is 41.9 Å². The standard InChI is InChI=1S/C23H20F6N8OS/c1-4-39(38)21-17(35-18(37(21)3)12(7-30)8-32-15-6-14(24)10-31-11-15)20-34-16-5-13(9-33-19(16)36(20)2)22(25,26)23(27,28)29/h5-11,30,32H,4H2,1-3H3/b12-8+,30-7?.